The Bertz CT molecular complexity index is 265. The van der Waals surface area contributed by atoms with Gasteiger partial charge in [-0.2, -0.15) is 0 Å². The minimum atomic E-state index is -10.7. The maximum atomic E-state index is 9.87. The molecule has 0 aliphatic heterocycles. The fourth-order valence-electron chi connectivity index (χ4n) is 0. The van der Waals surface area contributed by atoms with E-state index < -0.39 is 23.4 Å². The van der Waals surface area contributed by atoms with Gasteiger partial charge < -0.3 is 0 Å². The minimum Gasteiger partial charge on any atom is 3.00 e. The van der Waals surface area contributed by atoms with E-state index in [1.54, 1.807) is 0 Å². The molecule has 0 unspecified atom stereocenters. The first-order valence-electron chi connectivity index (χ1n) is 3.04. The molecule has 156 valence electrons. The van der Waals surface area contributed by atoms with Gasteiger partial charge in [0.1, 0.15) is 0 Å². The summed E-state index contributed by atoms with van der Waals surface area (Å²) in [4.78, 5) is 0. The van der Waals surface area contributed by atoms with Crippen molar-refractivity contribution in [2.45, 2.75) is 0 Å². The second-order valence-electron chi connectivity index (χ2n) is 2.87. The van der Waals surface area contributed by atoms with E-state index in [0.29, 0.717) is 0 Å². The molecule has 0 fully saturated rings. The first-order valence-corrected chi connectivity index (χ1v) is 9.13. The maximum absolute atomic E-state index is 10.7. The van der Waals surface area contributed by atoms with Crippen molar-refractivity contribution in [1.29, 1.82) is 0 Å². The van der Waals surface area contributed by atoms with Gasteiger partial charge in [-0.25, -0.2) is 0 Å². The molecule has 0 bridgehead atoms. The SMILES string of the molecule is F[P-](F)(F)(F)(F)F.F[P-](F)(F)(F)(F)F.F[P-](F)(F)(F)(F)F.[Lr+3]. The van der Waals surface area contributed by atoms with Gasteiger partial charge in [0.05, 0.1) is 0 Å². The Balaban J connectivity index is -0.000000108. The summed E-state index contributed by atoms with van der Waals surface area (Å²) < 4.78 is 178. The summed E-state index contributed by atoms with van der Waals surface area (Å²) in [5, 5.41) is 0. The van der Waals surface area contributed by atoms with Crippen LogP contribution in [0.25, 0.3) is 0 Å². The number of rotatable bonds is 0. The molecule has 0 saturated heterocycles. The first kappa shape index (κ1) is 29.1. The summed E-state index contributed by atoms with van der Waals surface area (Å²) in [6.07, 6.45) is 0. The van der Waals surface area contributed by atoms with Crippen molar-refractivity contribution in [2.75, 3.05) is 0 Å². The molecule has 0 aromatic carbocycles. The Kier molecular flexibility index (Phi) is 4.95. The third kappa shape index (κ3) is 6570. The van der Waals surface area contributed by atoms with Crippen LogP contribution in [0.4, 0.5) is 75.5 Å². The van der Waals surface area contributed by atoms with E-state index in [9.17, 15) is 75.5 Å². The Hall–Kier alpha value is -0.970. The zero-order valence-corrected chi connectivity index (χ0v) is 13.2. The van der Waals surface area contributed by atoms with Crippen LogP contribution in [0.15, 0.2) is 0 Å². The van der Waals surface area contributed by atoms with Crippen LogP contribution in [0.5, 0.6) is 0 Å². The van der Waals surface area contributed by atoms with Gasteiger partial charge in [-0.15, -0.1) is 0 Å². The summed E-state index contributed by atoms with van der Waals surface area (Å²) in [5.74, 6) is 0. The van der Waals surface area contributed by atoms with Crippen LogP contribution in [0.3, 0.4) is 0 Å². The third-order valence-corrected chi connectivity index (χ3v) is 0. The number of halogens is 18. The van der Waals surface area contributed by atoms with E-state index >= 15 is 0 Å². The van der Waals surface area contributed by atoms with Crippen molar-refractivity contribution in [1.82, 2.24) is 0 Å². The van der Waals surface area contributed by atoms with Crippen molar-refractivity contribution in [3.05, 3.63) is 0 Å². The quantitative estimate of drug-likeness (QED) is 0.175. The first-order chi connectivity index (χ1) is 7.35. The van der Waals surface area contributed by atoms with Gasteiger partial charge in [0, 0.05) is 0 Å². The van der Waals surface area contributed by atoms with Gasteiger partial charge in [-0.1, -0.05) is 0 Å². The van der Waals surface area contributed by atoms with Crippen molar-refractivity contribution in [3.63, 3.8) is 0 Å². The Morgan fingerprint density at radius 3 is 0.227 bits per heavy atom. The van der Waals surface area contributed by atoms with Gasteiger partial charge in [0.25, 0.3) is 0 Å². The van der Waals surface area contributed by atoms with Crippen LogP contribution in [-0.2, 0) is 0 Å². The fraction of sp³-hybridized carbons (Fsp3) is 0. The van der Waals surface area contributed by atoms with Gasteiger partial charge in [0.2, 0.25) is 0 Å². The molecule has 0 aromatic heterocycles. The van der Waals surface area contributed by atoms with E-state index in [2.05, 4.69) is 0 Å². The zero-order valence-electron chi connectivity index (χ0n) is 8.40. The van der Waals surface area contributed by atoms with E-state index in [-0.39, 0.29) is 0 Å². The van der Waals surface area contributed by atoms with Crippen LogP contribution in [-0.4, -0.2) is 0 Å². The van der Waals surface area contributed by atoms with Gasteiger partial charge in [-0.05, 0) is 0 Å². The largest absolute Gasteiger partial charge is 3.00 e. The average Bonchev–Trinajstić information content (AvgIpc) is 1.19. The predicted molar refractivity (Wildman–Crippen MR) is 40.7 cm³/mol. The molecule has 22 heavy (non-hydrogen) atoms. The second-order valence-corrected chi connectivity index (χ2v) is 8.62. The van der Waals surface area contributed by atoms with E-state index in [4.69, 9.17) is 0 Å². The molecule has 0 atom stereocenters. The molecule has 0 amide bonds. The van der Waals surface area contributed by atoms with Crippen LogP contribution in [0, 0.1) is 0 Å². The van der Waals surface area contributed by atoms with Crippen LogP contribution < -0.4 is 0 Å². The Labute approximate surface area is 100 Å². The molecule has 0 aliphatic carbocycles. The Morgan fingerprint density at radius 2 is 0.227 bits per heavy atom. The monoisotopic (exact) mass is 697 g/mol. The van der Waals surface area contributed by atoms with E-state index in [1.807, 2.05) is 0 Å². The van der Waals surface area contributed by atoms with E-state index in [1.165, 1.54) is 0 Å². The summed E-state index contributed by atoms with van der Waals surface area (Å²) in [7, 11) is -32.0. The molecule has 0 rings (SSSR count). The zero-order chi connectivity index (χ0) is 19.2. The molecule has 0 nitrogen and oxygen atoms in total. The predicted octanol–water partition coefficient (Wildman–Crippen LogP) is 10.1. The summed E-state index contributed by atoms with van der Waals surface area (Å²) in [6.45, 7) is 0. The number of hydrogen-bond acceptors (Lipinski definition) is 0. The van der Waals surface area contributed by atoms with Crippen molar-refractivity contribution < 1.29 is 75.5 Å². The molecule has 0 heterocycles. The fourth-order valence-corrected chi connectivity index (χ4v) is 0. The normalized spacial score (nSPS) is 22.1. The second kappa shape index (κ2) is 3.74. The van der Waals surface area contributed by atoms with Gasteiger partial charge >= 0.3 is 99.0 Å². The smallest absolute Gasteiger partial charge is 3.00 e. The van der Waals surface area contributed by atoms with Crippen molar-refractivity contribution in [2.24, 2.45) is 0 Å². The summed E-state index contributed by atoms with van der Waals surface area (Å²) >= 11 is 0. The van der Waals surface area contributed by atoms with E-state index in [0.717, 1.165) is 0 Å². The van der Waals surface area contributed by atoms with Crippen molar-refractivity contribution >= 4 is 23.4 Å². The molecule has 0 saturated carbocycles. The molecule has 22 heteroatoms. The van der Waals surface area contributed by atoms with Gasteiger partial charge in [0.15, 0.2) is 0 Å². The van der Waals surface area contributed by atoms with Crippen LogP contribution in [0.2, 0.25) is 0 Å². The molecular weight excluding hydrogens is 697 g/mol. The third-order valence-electron chi connectivity index (χ3n) is 0. The van der Waals surface area contributed by atoms with Gasteiger partial charge in [-0.3, -0.25) is 0 Å². The number of hydrogen-bond donors (Lipinski definition) is 0. The molecule has 0 N–H and O–H groups in total. The van der Waals surface area contributed by atoms with Crippen LogP contribution in [0.1, 0.15) is 0 Å². The minimum absolute atomic E-state index is 0. The standard InChI is InChI=1S/3F6P.Lr/c3*1-7(2,3,4,5)6;/q3*-1;+3. The van der Waals surface area contributed by atoms with Crippen LogP contribution >= 0.6 is 23.4 Å². The molecule has 0 aliphatic rings. The summed E-state index contributed by atoms with van der Waals surface area (Å²) in [5.41, 5.74) is 0. The maximum Gasteiger partial charge on any atom is 3.00 e. The molecule has 0 spiro atoms. The molecule has 0 radical (unpaired) electrons. The average molecular weight is 697 g/mol. The molecular formula is F18LrP3. The topological polar surface area (TPSA) is 0 Å². The molecule has 0 aromatic rings. The summed E-state index contributed by atoms with van der Waals surface area (Å²) in [6, 6.07) is 0. The van der Waals surface area contributed by atoms with Crippen molar-refractivity contribution in [3.8, 4) is 0 Å². The Morgan fingerprint density at radius 1 is 0.227 bits per heavy atom.